The van der Waals surface area contributed by atoms with Crippen molar-refractivity contribution in [2.24, 2.45) is 5.92 Å². The van der Waals surface area contributed by atoms with Crippen molar-refractivity contribution in [2.75, 3.05) is 0 Å². The van der Waals surface area contributed by atoms with Gasteiger partial charge in [0.1, 0.15) is 6.71 Å². The molecule has 3 fully saturated rings. The molecular formula is C16H29B. The molecule has 96 valence electrons. The normalized spacial score (nSPS) is 34.9. The minimum absolute atomic E-state index is 1.12. The van der Waals surface area contributed by atoms with E-state index in [1.54, 1.807) is 64.1 Å². The van der Waals surface area contributed by atoms with Crippen LogP contribution in [0.4, 0.5) is 0 Å². The number of rotatable bonds is 3. The summed E-state index contributed by atoms with van der Waals surface area (Å²) < 4.78 is 0. The van der Waals surface area contributed by atoms with Crippen LogP contribution in [0.25, 0.3) is 0 Å². The van der Waals surface area contributed by atoms with Crippen molar-refractivity contribution in [1.82, 2.24) is 0 Å². The first-order valence-corrected chi connectivity index (χ1v) is 8.43. The molecule has 0 atom stereocenters. The van der Waals surface area contributed by atoms with Crippen LogP contribution < -0.4 is 0 Å². The minimum atomic E-state index is 1.12. The fourth-order valence-corrected chi connectivity index (χ4v) is 5.19. The van der Waals surface area contributed by atoms with E-state index in [-0.39, 0.29) is 0 Å². The molecule has 0 aromatic carbocycles. The smallest absolute Gasteiger partial charge is 0.0734 e. The van der Waals surface area contributed by atoms with Gasteiger partial charge in [0.25, 0.3) is 0 Å². The monoisotopic (exact) mass is 232 g/mol. The second-order valence-electron chi connectivity index (χ2n) is 7.13. The van der Waals surface area contributed by atoms with E-state index in [0.717, 1.165) is 24.3 Å². The van der Waals surface area contributed by atoms with E-state index in [4.69, 9.17) is 0 Å². The van der Waals surface area contributed by atoms with Crippen LogP contribution in [0.5, 0.6) is 0 Å². The molecule has 1 saturated carbocycles. The lowest BCUT2D eigenvalue weighted by Gasteiger charge is -2.41. The molecule has 2 saturated heterocycles. The third-order valence-electron chi connectivity index (χ3n) is 6.14. The summed E-state index contributed by atoms with van der Waals surface area (Å²) >= 11 is 0. The summed E-state index contributed by atoms with van der Waals surface area (Å²) in [5.74, 6) is 3.41. The van der Waals surface area contributed by atoms with Crippen LogP contribution in [0.15, 0.2) is 0 Å². The summed E-state index contributed by atoms with van der Waals surface area (Å²) in [6.45, 7) is 1.15. The third-order valence-corrected chi connectivity index (χ3v) is 6.14. The Morgan fingerprint density at radius 1 is 0.647 bits per heavy atom. The summed E-state index contributed by atoms with van der Waals surface area (Å²) in [4.78, 5) is 0. The molecule has 3 aliphatic rings. The van der Waals surface area contributed by atoms with Crippen LogP contribution in [-0.4, -0.2) is 6.71 Å². The predicted octanol–water partition coefficient (Wildman–Crippen LogP) is 5.56. The van der Waals surface area contributed by atoms with Crippen LogP contribution in [0.2, 0.25) is 18.0 Å². The summed E-state index contributed by atoms with van der Waals surface area (Å²) in [7, 11) is 0. The predicted molar refractivity (Wildman–Crippen MR) is 77.0 cm³/mol. The number of hydrogen-bond acceptors (Lipinski definition) is 0. The van der Waals surface area contributed by atoms with E-state index >= 15 is 0 Å². The van der Waals surface area contributed by atoms with Crippen molar-refractivity contribution in [3.05, 3.63) is 0 Å². The van der Waals surface area contributed by atoms with Gasteiger partial charge in [0, 0.05) is 0 Å². The standard InChI is InChI=1S/C16H29B/c1-2-6-14(7-3-1)12-13-17-15-8-4-9-16(17)11-5-10-15/h14-16H,1-13H2. The number of hydrogen-bond donors (Lipinski definition) is 0. The average molecular weight is 232 g/mol. The first-order valence-electron chi connectivity index (χ1n) is 8.43. The van der Waals surface area contributed by atoms with Gasteiger partial charge in [-0.3, -0.25) is 0 Å². The van der Waals surface area contributed by atoms with Gasteiger partial charge in [-0.05, 0) is 5.92 Å². The fraction of sp³-hybridized carbons (Fsp3) is 1.00. The molecule has 0 N–H and O–H groups in total. The van der Waals surface area contributed by atoms with Crippen LogP contribution in [0, 0.1) is 5.92 Å². The van der Waals surface area contributed by atoms with Gasteiger partial charge < -0.3 is 0 Å². The molecule has 1 aliphatic carbocycles. The topological polar surface area (TPSA) is 0 Å². The van der Waals surface area contributed by atoms with Gasteiger partial charge in [0.15, 0.2) is 0 Å². The second-order valence-corrected chi connectivity index (χ2v) is 7.13. The molecule has 1 heteroatoms. The van der Waals surface area contributed by atoms with Gasteiger partial charge in [-0.25, -0.2) is 0 Å². The van der Waals surface area contributed by atoms with Gasteiger partial charge in [-0.1, -0.05) is 95.0 Å². The molecule has 0 aromatic heterocycles. The lowest BCUT2D eigenvalue weighted by atomic mass is 9.25. The zero-order chi connectivity index (χ0) is 11.5. The molecular weight excluding hydrogens is 203 g/mol. The first kappa shape index (κ1) is 12.1. The number of fused-ring (bicyclic) bond motifs is 2. The molecule has 0 radical (unpaired) electrons. The van der Waals surface area contributed by atoms with E-state index in [2.05, 4.69) is 0 Å². The minimum Gasteiger partial charge on any atom is -0.0734 e. The van der Waals surface area contributed by atoms with Crippen molar-refractivity contribution in [3.8, 4) is 0 Å². The Labute approximate surface area is 108 Å². The quantitative estimate of drug-likeness (QED) is 0.559. The lowest BCUT2D eigenvalue weighted by Crippen LogP contribution is -2.34. The Morgan fingerprint density at radius 3 is 1.82 bits per heavy atom. The zero-order valence-electron chi connectivity index (χ0n) is 11.5. The van der Waals surface area contributed by atoms with Crippen molar-refractivity contribution >= 4 is 6.71 Å². The molecule has 0 nitrogen and oxygen atoms in total. The summed E-state index contributed by atoms with van der Waals surface area (Å²) in [5.41, 5.74) is 0. The zero-order valence-corrected chi connectivity index (χ0v) is 11.5. The van der Waals surface area contributed by atoms with Gasteiger partial charge in [-0.15, -0.1) is 0 Å². The van der Waals surface area contributed by atoms with E-state index in [1.165, 1.54) is 19.3 Å². The summed E-state index contributed by atoms with van der Waals surface area (Å²) in [6, 6.07) is 0. The summed E-state index contributed by atoms with van der Waals surface area (Å²) in [5, 5.41) is 0. The molecule has 0 aromatic rings. The van der Waals surface area contributed by atoms with Crippen molar-refractivity contribution in [3.63, 3.8) is 0 Å². The third kappa shape index (κ3) is 2.91. The van der Waals surface area contributed by atoms with Gasteiger partial charge in [-0.2, -0.15) is 0 Å². The van der Waals surface area contributed by atoms with Crippen LogP contribution in [0.3, 0.4) is 0 Å². The van der Waals surface area contributed by atoms with E-state index < -0.39 is 0 Å². The van der Waals surface area contributed by atoms with E-state index in [9.17, 15) is 0 Å². The van der Waals surface area contributed by atoms with E-state index in [1.807, 2.05) is 0 Å². The Hall–Kier alpha value is 0.0649. The highest BCUT2D eigenvalue weighted by Crippen LogP contribution is 2.48. The Balaban J connectivity index is 1.49. The van der Waals surface area contributed by atoms with Crippen LogP contribution >= 0.6 is 0 Å². The summed E-state index contributed by atoms with van der Waals surface area (Å²) in [6.07, 6.45) is 20.3. The van der Waals surface area contributed by atoms with Crippen LogP contribution in [-0.2, 0) is 0 Å². The Morgan fingerprint density at radius 2 is 1.24 bits per heavy atom. The maximum atomic E-state index is 1.60. The van der Waals surface area contributed by atoms with Crippen LogP contribution in [0.1, 0.15) is 77.0 Å². The Bertz CT molecular complexity index is 210. The van der Waals surface area contributed by atoms with Crippen molar-refractivity contribution in [1.29, 1.82) is 0 Å². The lowest BCUT2D eigenvalue weighted by molar-refractivity contribution is 0.345. The van der Waals surface area contributed by atoms with Crippen molar-refractivity contribution < 1.29 is 0 Å². The highest BCUT2D eigenvalue weighted by molar-refractivity contribution is 6.62. The molecule has 2 aliphatic heterocycles. The largest absolute Gasteiger partial charge is 0.146 e. The van der Waals surface area contributed by atoms with Gasteiger partial charge in [0.05, 0.1) is 0 Å². The maximum absolute atomic E-state index is 1.60. The maximum Gasteiger partial charge on any atom is 0.146 e. The highest BCUT2D eigenvalue weighted by Gasteiger charge is 2.38. The molecule has 0 spiro atoms. The Kier molecular flexibility index (Phi) is 4.14. The highest BCUT2D eigenvalue weighted by atomic mass is 14.3. The molecule has 17 heavy (non-hydrogen) atoms. The second kappa shape index (κ2) is 5.80. The molecule has 2 bridgehead atoms. The van der Waals surface area contributed by atoms with E-state index in [0.29, 0.717) is 0 Å². The SMILES string of the molecule is C1CCC(CCB2C3CCCC2CCC3)CC1. The molecule has 0 unspecified atom stereocenters. The molecule has 2 heterocycles. The van der Waals surface area contributed by atoms with Gasteiger partial charge in [0.2, 0.25) is 0 Å². The fourth-order valence-electron chi connectivity index (χ4n) is 5.19. The average Bonchev–Trinajstić information content (AvgIpc) is 2.37. The van der Waals surface area contributed by atoms with Crippen molar-refractivity contribution in [2.45, 2.75) is 95.0 Å². The molecule has 3 rings (SSSR count). The van der Waals surface area contributed by atoms with Gasteiger partial charge >= 0.3 is 0 Å². The first-order chi connectivity index (χ1) is 8.43. The molecule has 0 amide bonds.